The van der Waals surface area contributed by atoms with Crippen molar-refractivity contribution in [1.82, 2.24) is 4.57 Å². The second-order valence-electron chi connectivity index (χ2n) is 4.78. The van der Waals surface area contributed by atoms with Gasteiger partial charge in [0.15, 0.2) is 0 Å². The Kier molecular flexibility index (Phi) is 2.71. The highest BCUT2D eigenvalue weighted by Crippen LogP contribution is 2.20. The Hall–Kier alpha value is -2.35. The Morgan fingerprint density at radius 1 is 0.842 bits per heavy atom. The van der Waals surface area contributed by atoms with Gasteiger partial charge in [-0.3, -0.25) is 9.36 Å². The summed E-state index contributed by atoms with van der Waals surface area (Å²) >= 11 is 0. The van der Waals surface area contributed by atoms with Gasteiger partial charge < -0.3 is 0 Å². The third kappa shape index (κ3) is 1.85. The molecule has 0 saturated heterocycles. The van der Waals surface area contributed by atoms with Crippen LogP contribution in [-0.2, 0) is 0 Å². The molecule has 3 aromatic rings. The Morgan fingerprint density at radius 3 is 2.47 bits per heavy atom. The van der Waals surface area contributed by atoms with E-state index in [2.05, 4.69) is 19.9 Å². The molecule has 0 saturated carbocycles. The average Bonchev–Trinajstić information content (AvgIpc) is 2.43. The zero-order valence-electron chi connectivity index (χ0n) is 11.1. The van der Waals surface area contributed by atoms with E-state index in [0.29, 0.717) is 0 Å². The van der Waals surface area contributed by atoms with E-state index in [1.807, 2.05) is 42.5 Å². The number of hydrogen-bond donors (Lipinski definition) is 0. The molecule has 0 aliphatic heterocycles. The quantitative estimate of drug-likeness (QED) is 0.645. The number of rotatable bonds is 1. The average molecular weight is 249 g/mol. The number of aryl methyl sites for hydroxylation is 1. The van der Waals surface area contributed by atoms with Gasteiger partial charge in [0.25, 0.3) is 5.56 Å². The molecule has 2 heteroatoms. The smallest absolute Gasteiger partial charge is 0.255 e. The summed E-state index contributed by atoms with van der Waals surface area (Å²) in [6.45, 7) is 4.12. The zero-order chi connectivity index (χ0) is 13.4. The van der Waals surface area contributed by atoms with Crippen molar-refractivity contribution < 1.29 is 0 Å². The number of nitrogens with zero attached hydrogens (tertiary/aromatic N) is 1. The molecular formula is C17H15NO. The van der Waals surface area contributed by atoms with Crippen molar-refractivity contribution in [2.24, 2.45) is 0 Å². The predicted molar refractivity (Wildman–Crippen MR) is 79.0 cm³/mol. The maximum atomic E-state index is 12.3. The van der Waals surface area contributed by atoms with Crippen LogP contribution in [0.1, 0.15) is 11.1 Å². The van der Waals surface area contributed by atoms with Gasteiger partial charge in [-0.15, -0.1) is 0 Å². The second-order valence-corrected chi connectivity index (χ2v) is 4.78. The van der Waals surface area contributed by atoms with Crippen molar-refractivity contribution in [2.45, 2.75) is 13.8 Å². The molecule has 0 bridgehead atoms. The largest absolute Gasteiger partial charge is 0.277 e. The Bertz CT molecular complexity index is 815. The van der Waals surface area contributed by atoms with Crippen LogP contribution in [0.4, 0.5) is 0 Å². The molecule has 0 amide bonds. The van der Waals surface area contributed by atoms with Crippen molar-refractivity contribution in [3.05, 3.63) is 76.1 Å². The molecule has 0 aliphatic carbocycles. The van der Waals surface area contributed by atoms with Gasteiger partial charge in [0, 0.05) is 6.07 Å². The summed E-state index contributed by atoms with van der Waals surface area (Å²) in [5, 5.41) is 1.07. The normalized spacial score (nSPS) is 10.8. The summed E-state index contributed by atoms with van der Waals surface area (Å²) in [7, 11) is 0. The monoisotopic (exact) mass is 249 g/mol. The van der Waals surface area contributed by atoms with Crippen molar-refractivity contribution in [2.75, 3.05) is 0 Å². The lowest BCUT2D eigenvalue weighted by atomic mass is 10.1. The van der Waals surface area contributed by atoms with Gasteiger partial charge in [-0.25, -0.2) is 0 Å². The molecule has 2 aromatic carbocycles. The lowest BCUT2D eigenvalue weighted by molar-refractivity contribution is 1.02. The van der Waals surface area contributed by atoms with Crippen LogP contribution in [0.3, 0.4) is 0 Å². The molecule has 94 valence electrons. The van der Waals surface area contributed by atoms with Crippen molar-refractivity contribution in [3.63, 3.8) is 0 Å². The minimum atomic E-state index is 0.00685. The third-order valence-electron chi connectivity index (χ3n) is 3.62. The highest BCUT2D eigenvalue weighted by molar-refractivity contribution is 5.80. The van der Waals surface area contributed by atoms with Crippen LogP contribution >= 0.6 is 0 Å². The lowest BCUT2D eigenvalue weighted by Gasteiger charge is -2.14. The minimum absolute atomic E-state index is 0.00685. The van der Waals surface area contributed by atoms with Crippen LogP contribution in [0.2, 0.25) is 0 Å². The van der Waals surface area contributed by atoms with E-state index in [1.165, 1.54) is 5.56 Å². The van der Waals surface area contributed by atoms with Crippen LogP contribution < -0.4 is 5.56 Å². The fraction of sp³-hybridized carbons (Fsp3) is 0.118. The number of aromatic nitrogens is 1. The Balaban J connectivity index is 2.45. The van der Waals surface area contributed by atoms with E-state index < -0.39 is 0 Å². The van der Waals surface area contributed by atoms with Gasteiger partial charge in [0.05, 0.1) is 11.2 Å². The van der Waals surface area contributed by atoms with Gasteiger partial charge in [-0.2, -0.15) is 0 Å². The van der Waals surface area contributed by atoms with Crippen molar-refractivity contribution >= 4 is 10.9 Å². The Labute approximate surface area is 111 Å². The standard InChI is InChI=1S/C17H15NO/c1-12-6-5-9-15(13(12)2)18-16-8-4-3-7-14(16)10-11-17(18)19/h3-11H,1-2H3. The molecule has 1 heterocycles. The summed E-state index contributed by atoms with van der Waals surface area (Å²) in [6, 6.07) is 17.5. The number of para-hydroxylation sites is 1. The van der Waals surface area contributed by atoms with Crippen LogP contribution in [0.5, 0.6) is 0 Å². The summed E-state index contributed by atoms with van der Waals surface area (Å²) in [5.74, 6) is 0. The van der Waals surface area contributed by atoms with Gasteiger partial charge in [-0.05, 0) is 48.6 Å². The van der Waals surface area contributed by atoms with E-state index in [9.17, 15) is 4.79 Å². The zero-order valence-corrected chi connectivity index (χ0v) is 11.1. The first kappa shape index (κ1) is 11.7. The van der Waals surface area contributed by atoms with Gasteiger partial charge in [-0.1, -0.05) is 30.3 Å². The minimum Gasteiger partial charge on any atom is -0.277 e. The van der Waals surface area contributed by atoms with E-state index in [4.69, 9.17) is 0 Å². The maximum absolute atomic E-state index is 12.3. The Morgan fingerprint density at radius 2 is 1.63 bits per heavy atom. The van der Waals surface area contributed by atoms with E-state index in [1.54, 1.807) is 10.6 Å². The third-order valence-corrected chi connectivity index (χ3v) is 3.62. The fourth-order valence-corrected chi connectivity index (χ4v) is 2.41. The maximum Gasteiger partial charge on any atom is 0.255 e. The first-order valence-corrected chi connectivity index (χ1v) is 6.36. The molecule has 3 rings (SSSR count). The molecule has 0 atom stereocenters. The molecule has 0 spiro atoms. The highest BCUT2D eigenvalue weighted by Gasteiger charge is 2.08. The number of benzene rings is 2. The first-order valence-electron chi connectivity index (χ1n) is 6.36. The van der Waals surface area contributed by atoms with E-state index >= 15 is 0 Å². The van der Waals surface area contributed by atoms with Crippen LogP contribution in [0.25, 0.3) is 16.6 Å². The molecule has 19 heavy (non-hydrogen) atoms. The van der Waals surface area contributed by atoms with Gasteiger partial charge in [0.2, 0.25) is 0 Å². The molecule has 0 fully saturated rings. The molecule has 2 nitrogen and oxygen atoms in total. The molecule has 0 aliphatic rings. The molecule has 1 aromatic heterocycles. The molecule has 0 N–H and O–H groups in total. The highest BCUT2D eigenvalue weighted by atomic mass is 16.1. The van der Waals surface area contributed by atoms with Crippen molar-refractivity contribution in [3.8, 4) is 5.69 Å². The summed E-state index contributed by atoms with van der Waals surface area (Å²) in [5.41, 5.74) is 4.25. The second kappa shape index (κ2) is 4.39. The summed E-state index contributed by atoms with van der Waals surface area (Å²) in [4.78, 5) is 12.3. The number of hydrogen-bond acceptors (Lipinski definition) is 1. The fourth-order valence-electron chi connectivity index (χ4n) is 2.41. The SMILES string of the molecule is Cc1cccc(-n2c(=O)ccc3ccccc32)c1C. The van der Waals surface area contributed by atoms with Crippen molar-refractivity contribution in [1.29, 1.82) is 0 Å². The van der Waals surface area contributed by atoms with Gasteiger partial charge >= 0.3 is 0 Å². The molecule has 0 radical (unpaired) electrons. The van der Waals surface area contributed by atoms with Crippen LogP contribution in [0, 0.1) is 13.8 Å². The number of fused-ring (bicyclic) bond motifs is 1. The van der Waals surface area contributed by atoms with Gasteiger partial charge in [0.1, 0.15) is 0 Å². The number of pyridine rings is 1. The predicted octanol–water partition coefficient (Wildman–Crippen LogP) is 3.61. The van der Waals surface area contributed by atoms with E-state index in [-0.39, 0.29) is 5.56 Å². The topological polar surface area (TPSA) is 22.0 Å². The summed E-state index contributed by atoms with van der Waals surface area (Å²) in [6.07, 6.45) is 0. The first-order chi connectivity index (χ1) is 9.18. The molecule has 0 unspecified atom stereocenters. The molecular weight excluding hydrogens is 234 g/mol. The van der Waals surface area contributed by atoms with E-state index in [0.717, 1.165) is 22.2 Å². The lowest BCUT2D eigenvalue weighted by Crippen LogP contribution is -2.18. The summed E-state index contributed by atoms with van der Waals surface area (Å²) < 4.78 is 1.79. The van der Waals surface area contributed by atoms with Crippen LogP contribution in [0.15, 0.2) is 59.4 Å². The van der Waals surface area contributed by atoms with Crippen LogP contribution in [-0.4, -0.2) is 4.57 Å².